The first-order valence-electron chi connectivity index (χ1n) is 12.0. The Morgan fingerprint density at radius 3 is 2.50 bits per heavy atom. The number of nitrogens with one attached hydrogen (secondary N) is 1. The predicted octanol–water partition coefficient (Wildman–Crippen LogP) is 5.71. The van der Waals surface area contributed by atoms with Crippen LogP contribution in [-0.4, -0.2) is 10.9 Å². The van der Waals surface area contributed by atoms with E-state index in [0.717, 1.165) is 50.2 Å². The van der Waals surface area contributed by atoms with E-state index in [2.05, 4.69) is 29.4 Å². The van der Waals surface area contributed by atoms with Gasteiger partial charge < -0.3 is 15.8 Å². The minimum atomic E-state index is -0.593. The molecule has 0 aliphatic carbocycles. The van der Waals surface area contributed by atoms with Crippen molar-refractivity contribution in [2.24, 2.45) is 0 Å². The third-order valence-corrected chi connectivity index (χ3v) is 7.49. The number of fused-ring (bicyclic) bond motifs is 8. The summed E-state index contributed by atoms with van der Waals surface area (Å²) in [4.78, 5) is 17.4. The van der Waals surface area contributed by atoms with Gasteiger partial charge in [-0.15, -0.1) is 0 Å². The summed E-state index contributed by atoms with van der Waals surface area (Å²) >= 11 is 0. The number of carbonyl (C=O) groups excluding carboxylic acids is 1. The Kier molecular flexibility index (Phi) is 4.99. The lowest BCUT2D eigenvalue weighted by molar-refractivity contribution is 0.00902. The molecule has 0 saturated heterocycles. The molecule has 2 atom stereocenters. The third-order valence-electron chi connectivity index (χ3n) is 7.49. The fourth-order valence-electron chi connectivity index (χ4n) is 5.60. The first-order chi connectivity index (χ1) is 17.2. The number of anilines is 1. The number of halogens is 1. The van der Waals surface area contributed by atoms with Crippen LogP contribution in [0.15, 0.2) is 66.7 Å². The van der Waals surface area contributed by atoms with Crippen LogP contribution in [0.5, 0.6) is 0 Å². The number of carbonyl (C=O) groups is 1. The number of aryl methyl sites for hydroxylation is 2. The molecular weight excluding hydrogens is 453 g/mol. The zero-order chi connectivity index (χ0) is 25.2. The smallest absolute Gasteiger partial charge is 0.251 e. The lowest BCUT2D eigenvalue weighted by Gasteiger charge is -2.25. The van der Waals surface area contributed by atoms with Crippen molar-refractivity contribution in [1.82, 2.24) is 10.3 Å². The number of rotatable bonds is 4. The highest BCUT2D eigenvalue weighted by Gasteiger charge is 2.51. The van der Waals surface area contributed by atoms with Crippen LogP contribution in [0.2, 0.25) is 0 Å². The molecule has 3 heterocycles. The van der Waals surface area contributed by atoms with Crippen LogP contribution in [0, 0.1) is 19.7 Å². The molecule has 2 aliphatic heterocycles. The number of pyridine rings is 1. The van der Waals surface area contributed by atoms with Gasteiger partial charge in [0, 0.05) is 17.8 Å². The van der Waals surface area contributed by atoms with Crippen LogP contribution >= 0.6 is 0 Å². The van der Waals surface area contributed by atoms with E-state index < -0.39 is 5.60 Å². The van der Waals surface area contributed by atoms with E-state index in [4.69, 9.17) is 10.5 Å². The fraction of sp³-hybridized carbons (Fsp3) is 0.200. The molecule has 2 aliphatic rings. The molecule has 3 N–H and O–H groups in total. The normalized spacial score (nSPS) is 19.2. The molecule has 2 bridgehead atoms. The molecule has 6 heteroatoms. The van der Waals surface area contributed by atoms with E-state index in [0.29, 0.717) is 17.9 Å². The number of aromatic nitrogens is 1. The zero-order valence-electron chi connectivity index (χ0n) is 20.4. The highest BCUT2D eigenvalue weighted by atomic mass is 19.1. The van der Waals surface area contributed by atoms with Crippen molar-refractivity contribution in [2.45, 2.75) is 39.0 Å². The summed E-state index contributed by atoms with van der Waals surface area (Å²) in [6, 6.07) is 20.4. The maximum absolute atomic E-state index is 13.4. The van der Waals surface area contributed by atoms with E-state index in [1.165, 1.54) is 12.1 Å². The molecular formula is C30H26FN3O2. The van der Waals surface area contributed by atoms with E-state index >= 15 is 0 Å². The van der Waals surface area contributed by atoms with E-state index in [1.54, 1.807) is 12.1 Å². The summed E-state index contributed by atoms with van der Waals surface area (Å²) in [5.41, 5.74) is 14.9. The Hall–Kier alpha value is -4.03. The highest BCUT2D eigenvalue weighted by molar-refractivity contribution is 5.94. The highest BCUT2D eigenvalue weighted by Crippen LogP contribution is 2.58. The van der Waals surface area contributed by atoms with Crippen molar-refractivity contribution in [2.75, 3.05) is 5.73 Å². The predicted molar refractivity (Wildman–Crippen MR) is 137 cm³/mol. The van der Waals surface area contributed by atoms with Gasteiger partial charge in [0.2, 0.25) is 0 Å². The molecule has 180 valence electrons. The van der Waals surface area contributed by atoms with Crippen LogP contribution in [0.3, 0.4) is 0 Å². The van der Waals surface area contributed by atoms with Gasteiger partial charge in [-0.3, -0.25) is 4.79 Å². The van der Waals surface area contributed by atoms with Crippen LogP contribution in [0.4, 0.5) is 10.2 Å². The van der Waals surface area contributed by atoms with Gasteiger partial charge >= 0.3 is 0 Å². The molecule has 1 aromatic heterocycles. The van der Waals surface area contributed by atoms with Gasteiger partial charge in [0.05, 0.1) is 0 Å². The number of nitrogen functional groups attached to an aromatic ring is 1. The SMILES string of the molecule is Cc1cc(N)nc(C)c1CNC(=O)c1ccc2c(c1)C1OC2(C)c2cc(-c3ccc(F)cc3)ccc21. The minimum Gasteiger partial charge on any atom is -0.384 e. The molecule has 1 amide bonds. The largest absolute Gasteiger partial charge is 0.384 e. The average molecular weight is 480 g/mol. The Morgan fingerprint density at radius 1 is 1.00 bits per heavy atom. The number of hydrogen-bond donors (Lipinski definition) is 2. The second-order valence-electron chi connectivity index (χ2n) is 9.75. The van der Waals surface area contributed by atoms with Gasteiger partial charge in [0.1, 0.15) is 23.3 Å². The van der Waals surface area contributed by atoms with Gasteiger partial charge in [0.15, 0.2) is 0 Å². The summed E-state index contributed by atoms with van der Waals surface area (Å²) in [5, 5.41) is 3.02. The van der Waals surface area contributed by atoms with Crippen molar-refractivity contribution in [3.8, 4) is 11.1 Å². The van der Waals surface area contributed by atoms with Crippen molar-refractivity contribution < 1.29 is 13.9 Å². The number of hydrogen-bond acceptors (Lipinski definition) is 4. The Labute approximate surface area is 209 Å². The second kappa shape index (κ2) is 8.00. The van der Waals surface area contributed by atoms with E-state index in [-0.39, 0.29) is 17.8 Å². The topological polar surface area (TPSA) is 77.2 Å². The molecule has 0 radical (unpaired) electrons. The van der Waals surface area contributed by atoms with Gasteiger partial charge in [-0.2, -0.15) is 0 Å². The Bertz CT molecular complexity index is 1520. The number of ether oxygens (including phenoxy) is 1. The minimum absolute atomic E-state index is 0.145. The van der Waals surface area contributed by atoms with Crippen LogP contribution in [-0.2, 0) is 16.9 Å². The van der Waals surface area contributed by atoms with Crippen LogP contribution in [0.25, 0.3) is 11.1 Å². The maximum atomic E-state index is 13.4. The Balaban J connectivity index is 1.27. The van der Waals surface area contributed by atoms with Gasteiger partial charge in [0.25, 0.3) is 5.91 Å². The van der Waals surface area contributed by atoms with Gasteiger partial charge in [-0.25, -0.2) is 9.37 Å². The molecule has 0 fully saturated rings. The summed E-state index contributed by atoms with van der Waals surface area (Å²) in [5.74, 6) is 0.0824. The quantitative estimate of drug-likeness (QED) is 0.393. The number of amides is 1. The first-order valence-corrected chi connectivity index (χ1v) is 12.0. The molecule has 2 unspecified atom stereocenters. The summed E-state index contributed by atoms with van der Waals surface area (Å²) < 4.78 is 19.9. The monoisotopic (exact) mass is 479 g/mol. The first kappa shape index (κ1) is 22.4. The number of nitrogens with two attached hydrogens (primary N) is 1. The lowest BCUT2D eigenvalue weighted by Crippen LogP contribution is -2.25. The Morgan fingerprint density at radius 2 is 1.75 bits per heavy atom. The second-order valence-corrected chi connectivity index (χ2v) is 9.75. The third kappa shape index (κ3) is 3.40. The van der Waals surface area contributed by atoms with Crippen molar-refractivity contribution in [3.05, 3.63) is 117 Å². The van der Waals surface area contributed by atoms with Gasteiger partial charge in [-0.05, 0) is 102 Å². The molecule has 3 aromatic carbocycles. The summed E-state index contributed by atoms with van der Waals surface area (Å²) in [6.07, 6.45) is -0.221. The van der Waals surface area contributed by atoms with Crippen molar-refractivity contribution >= 4 is 11.7 Å². The zero-order valence-corrected chi connectivity index (χ0v) is 20.4. The summed E-state index contributed by atoms with van der Waals surface area (Å²) in [7, 11) is 0. The summed E-state index contributed by atoms with van der Waals surface area (Å²) in [6.45, 7) is 6.32. The molecule has 5 nitrogen and oxygen atoms in total. The molecule has 4 aromatic rings. The van der Waals surface area contributed by atoms with Crippen molar-refractivity contribution in [3.63, 3.8) is 0 Å². The molecule has 6 rings (SSSR count). The van der Waals surface area contributed by atoms with Crippen LogP contribution in [0.1, 0.15) is 62.5 Å². The molecule has 0 spiro atoms. The lowest BCUT2D eigenvalue weighted by atomic mass is 9.77. The van der Waals surface area contributed by atoms with E-state index in [1.807, 2.05) is 44.2 Å². The molecule has 36 heavy (non-hydrogen) atoms. The fourth-order valence-corrected chi connectivity index (χ4v) is 5.60. The standard InChI is InChI=1S/C30H26FN3O2/c1-16-12-27(32)34-17(2)24(16)15-33-29(35)20-7-11-25-23(13-20)28-22-10-6-19(14-26(22)30(25,3)36-28)18-4-8-21(31)9-5-18/h4-14,28H,15H2,1-3H3,(H2,32,34)(H,33,35). The van der Waals surface area contributed by atoms with Crippen molar-refractivity contribution in [1.29, 1.82) is 0 Å². The molecule has 0 saturated carbocycles. The maximum Gasteiger partial charge on any atom is 0.251 e. The van der Waals surface area contributed by atoms with Gasteiger partial charge in [-0.1, -0.05) is 30.3 Å². The van der Waals surface area contributed by atoms with Crippen LogP contribution < -0.4 is 11.1 Å². The number of nitrogens with zero attached hydrogens (tertiary/aromatic N) is 1. The number of benzene rings is 3. The van der Waals surface area contributed by atoms with E-state index in [9.17, 15) is 9.18 Å². The average Bonchev–Trinajstić information content (AvgIpc) is 3.32.